The first-order valence-electron chi connectivity index (χ1n) is 8.18. The lowest BCUT2D eigenvalue weighted by molar-refractivity contribution is 0.0321. The summed E-state index contributed by atoms with van der Waals surface area (Å²) in [6, 6.07) is 17.7. The fraction of sp³-hybridized carbons (Fsp3) is 0.263. The zero-order chi connectivity index (χ0) is 16.4. The summed E-state index contributed by atoms with van der Waals surface area (Å²) < 4.78 is 5.29. The molecule has 1 heterocycles. The summed E-state index contributed by atoms with van der Waals surface area (Å²) in [6.45, 7) is 0.359. The van der Waals surface area contributed by atoms with Crippen LogP contribution in [0.3, 0.4) is 0 Å². The molecule has 24 heavy (non-hydrogen) atoms. The van der Waals surface area contributed by atoms with E-state index in [9.17, 15) is 5.11 Å². The molecule has 1 aliphatic carbocycles. The third-order valence-electron chi connectivity index (χ3n) is 4.54. The molecule has 5 nitrogen and oxygen atoms in total. The number of hydrogen-bond acceptors (Lipinski definition) is 5. The van der Waals surface area contributed by atoms with Gasteiger partial charge in [0.05, 0.1) is 6.54 Å². The van der Waals surface area contributed by atoms with Crippen LogP contribution in [0.1, 0.15) is 24.0 Å². The van der Waals surface area contributed by atoms with Gasteiger partial charge in [-0.15, -0.1) is 0 Å². The number of rotatable bonds is 4. The van der Waals surface area contributed by atoms with Gasteiger partial charge in [0, 0.05) is 5.56 Å². The minimum Gasteiger partial charge on any atom is -0.383 e. The van der Waals surface area contributed by atoms with Gasteiger partial charge in [-0.05, 0) is 47.7 Å². The summed E-state index contributed by atoms with van der Waals surface area (Å²) in [5.41, 5.74) is 2.18. The van der Waals surface area contributed by atoms with Crippen molar-refractivity contribution < 1.29 is 9.63 Å². The van der Waals surface area contributed by atoms with E-state index in [4.69, 9.17) is 4.52 Å². The Morgan fingerprint density at radius 2 is 1.88 bits per heavy atom. The van der Waals surface area contributed by atoms with Gasteiger partial charge in [0.2, 0.25) is 0 Å². The molecule has 122 valence electrons. The molecule has 0 fully saturated rings. The average Bonchev–Trinajstić information content (AvgIpc) is 3.11. The lowest BCUT2D eigenvalue weighted by atomic mass is 9.79. The Morgan fingerprint density at radius 3 is 2.75 bits per heavy atom. The monoisotopic (exact) mass is 321 g/mol. The molecule has 0 bridgehead atoms. The number of hydrogen-bond donors (Lipinski definition) is 2. The van der Waals surface area contributed by atoms with Gasteiger partial charge in [0.25, 0.3) is 11.8 Å². The fourth-order valence-corrected chi connectivity index (χ4v) is 3.30. The van der Waals surface area contributed by atoms with Crippen molar-refractivity contribution in [2.24, 2.45) is 0 Å². The van der Waals surface area contributed by atoms with Gasteiger partial charge < -0.3 is 14.9 Å². The Morgan fingerprint density at radius 1 is 1.08 bits per heavy atom. The molecule has 1 atom stereocenters. The van der Waals surface area contributed by atoms with Crippen LogP contribution in [-0.4, -0.2) is 21.8 Å². The van der Waals surface area contributed by atoms with Gasteiger partial charge in [-0.1, -0.05) is 42.5 Å². The number of aryl methyl sites for hydroxylation is 1. The van der Waals surface area contributed by atoms with Gasteiger partial charge in [-0.25, -0.2) is 0 Å². The number of aliphatic hydroxyl groups is 1. The highest BCUT2D eigenvalue weighted by molar-refractivity contribution is 5.53. The second kappa shape index (κ2) is 6.09. The Labute approximate surface area is 140 Å². The smallest absolute Gasteiger partial charge is 0.263 e. The summed E-state index contributed by atoms with van der Waals surface area (Å²) in [4.78, 5) is 4.35. The molecule has 4 rings (SSSR count). The van der Waals surface area contributed by atoms with Crippen LogP contribution in [0.2, 0.25) is 0 Å². The average molecular weight is 321 g/mol. The third-order valence-corrected chi connectivity index (χ3v) is 4.54. The molecule has 2 N–H and O–H groups in total. The quantitative estimate of drug-likeness (QED) is 0.771. The molecule has 2 aromatic carbocycles. The second-order valence-corrected chi connectivity index (χ2v) is 6.19. The van der Waals surface area contributed by atoms with Crippen LogP contribution in [0.5, 0.6) is 0 Å². The van der Waals surface area contributed by atoms with Gasteiger partial charge in [-0.3, -0.25) is 0 Å². The molecule has 0 aliphatic heterocycles. The maximum atomic E-state index is 11.1. The number of nitrogens with zero attached hydrogens (tertiary/aromatic N) is 2. The van der Waals surface area contributed by atoms with Gasteiger partial charge >= 0.3 is 0 Å². The largest absolute Gasteiger partial charge is 0.383 e. The Balaban J connectivity index is 1.51. The number of fused-ring (bicyclic) bond motifs is 1. The molecule has 0 saturated heterocycles. The summed E-state index contributed by atoms with van der Waals surface area (Å²) in [5.74, 6) is 0.861. The Kier molecular flexibility index (Phi) is 3.78. The predicted molar refractivity (Wildman–Crippen MR) is 91.5 cm³/mol. The first kappa shape index (κ1) is 14.9. The van der Waals surface area contributed by atoms with Crippen molar-refractivity contribution in [3.8, 4) is 11.5 Å². The van der Waals surface area contributed by atoms with Crippen molar-refractivity contribution in [3.63, 3.8) is 0 Å². The minimum atomic E-state index is -0.900. The predicted octanol–water partition coefficient (Wildman–Crippen LogP) is 3.37. The number of anilines is 1. The zero-order valence-electron chi connectivity index (χ0n) is 13.3. The van der Waals surface area contributed by atoms with E-state index >= 15 is 0 Å². The van der Waals surface area contributed by atoms with E-state index in [-0.39, 0.29) is 0 Å². The molecule has 0 radical (unpaired) electrons. The van der Waals surface area contributed by atoms with Crippen LogP contribution >= 0.6 is 0 Å². The second-order valence-electron chi connectivity index (χ2n) is 6.19. The molecular formula is C19H19N3O2. The van der Waals surface area contributed by atoms with E-state index in [1.807, 2.05) is 48.5 Å². The highest BCUT2D eigenvalue weighted by Gasteiger charge is 2.34. The van der Waals surface area contributed by atoms with Crippen molar-refractivity contribution >= 4 is 5.95 Å². The van der Waals surface area contributed by atoms with Crippen molar-refractivity contribution in [2.75, 3.05) is 11.9 Å². The molecule has 0 amide bonds. The van der Waals surface area contributed by atoms with Crippen LogP contribution in [0.4, 0.5) is 5.95 Å². The SMILES string of the molecule is OC1(CNc2noc(-c3ccccc3)n2)CCCc2ccccc21. The maximum Gasteiger partial charge on any atom is 0.263 e. The van der Waals surface area contributed by atoms with Crippen molar-refractivity contribution in [1.29, 1.82) is 0 Å². The van der Waals surface area contributed by atoms with Gasteiger partial charge in [0.1, 0.15) is 5.60 Å². The van der Waals surface area contributed by atoms with Crippen LogP contribution in [-0.2, 0) is 12.0 Å². The summed E-state index contributed by atoms with van der Waals surface area (Å²) in [7, 11) is 0. The molecule has 1 aliphatic rings. The zero-order valence-corrected chi connectivity index (χ0v) is 13.3. The van der Waals surface area contributed by atoms with Crippen LogP contribution in [0, 0.1) is 0 Å². The number of nitrogens with one attached hydrogen (secondary N) is 1. The molecule has 1 unspecified atom stereocenters. The normalized spacial score (nSPS) is 19.7. The van der Waals surface area contributed by atoms with Crippen LogP contribution in [0.25, 0.3) is 11.5 Å². The summed E-state index contributed by atoms with van der Waals surface area (Å²) >= 11 is 0. The molecule has 0 spiro atoms. The van der Waals surface area contributed by atoms with Gasteiger partial charge in [-0.2, -0.15) is 4.98 Å². The first-order chi connectivity index (χ1) is 11.7. The summed E-state index contributed by atoms with van der Waals surface area (Å²) in [5, 5.41) is 18.1. The Hall–Kier alpha value is -2.66. The minimum absolute atomic E-state index is 0.359. The van der Waals surface area contributed by atoms with Gasteiger partial charge in [0.15, 0.2) is 0 Å². The lowest BCUT2D eigenvalue weighted by Gasteiger charge is -2.34. The number of aromatic nitrogens is 2. The maximum absolute atomic E-state index is 11.1. The van der Waals surface area contributed by atoms with E-state index in [0.717, 1.165) is 30.4 Å². The van der Waals surface area contributed by atoms with Crippen molar-refractivity contribution in [1.82, 2.24) is 10.1 Å². The standard InChI is InChI=1S/C19H19N3O2/c23-19(12-6-10-14-7-4-5-11-16(14)19)13-20-18-21-17(24-22-18)15-8-2-1-3-9-15/h1-5,7-9,11,23H,6,10,12-13H2,(H,20,22). The molecule has 3 aromatic rings. The van der Waals surface area contributed by atoms with E-state index in [1.165, 1.54) is 5.56 Å². The first-order valence-corrected chi connectivity index (χ1v) is 8.18. The highest BCUT2D eigenvalue weighted by Crippen LogP contribution is 2.35. The van der Waals surface area contributed by atoms with Crippen molar-refractivity contribution in [2.45, 2.75) is 24.9 Å². The topological polar surface area (TPSA) is 71.2 Å². The third kappa shape index (κ3) is 2.78. The highest BCUT2D eigenvalue weighted by atomic mass is 16.5. The van der Waals surface area contributed by atoms with Crippen LogP contribution in [0.15, 0.2) is 59.1 Å². The molecule has 5 heteroatoms. The van der Waals surface area contributed by atoms with Crippen molar-refractivity contribution in [3.05, 3.63) is 65.7 Å². The number of benzene rings is 2. The summed E-state index contributed by atoms with van der Waals surface area (Å²) in [6.07, 6.45) is 2.70. The molecular weight excluding hydrogens is 302 g/mol. The fourth-order valence-electron chi connectivity index (χ4n) is 3.30. The van der Waals surface area contributed by atoms with E-state index < -0.39 is 5.60 Å². The molecule has 0 saturated carbocycles. The Bertz CT molecular complexity index is 831. The molecule has 1 aromatic heterocycles. The van der Waals surface area contributed by atoms with E-state index in [2.05, 4.69) is 21.5 Å². The lowest BCUT2D eigenvalue weighted by Crippen LogP contribution is -2.37. The van der Waals surface area contributed by atoms with Crippen LogP contribution < -0.4 is 5.32 Å². The van der Waals surface area contributed by atoms with E-state index in [0.29, 0.717) is 18.4 Å². The van der Waals surface area contributed by atoms with E-state index in [1.54, 1.807) is 0 Å².